The lowest BCUT2D eigenvalue weighted by Gasteiger charge is -2.32. The molecule has 1 aromatic rings. The lowest BCUT2D eigenvalue weighted by molar-refractivity contribution is -0.0279. The molecule has 0 saturated carbocycles. The fourth-order valence-electron chi connectivity index (χ4n) is 2.90. The van der Waals surface area contributed by atoms with Crippen LogP contribution in [0.25, 0.3) is 0 Å². The van der Waals surface area contributed by atoms with Crippen LogP contribution in [0.1, 0.15) is 45.3 Å². The maximum Gasteiger partial charge on any atom is 0.119 e. The molecule has 1 aliphatic heterocycles. The van der Waals surface area contributed by atoms with Crippen LogP contribution < -0.4 is 10.1 Å². The Morgan fingerprint density at radius 3 is 2.71 bits per heavy atom. The van der Waals surface area contributed by atoms with Crippen LogP contribution in [-0.4, -0.2) is 26.3 Å². The molecule has 2 unspecified atom stereocenters. The molecule has 3 heteroatoms. The summed E-state index contributed by atoms with van der Waals surface area (Å²) in [5.41, 5.74) is 1.27. The second-order valence-electron chi connectivity index (χ2n) is 6.25. The van der Waals surface area contributed by atoms with Gasteiger partial charge in [-0.25, -0.2) is 0 Å². The Kier molecular flexibility index (Phi) is 6.52. The third-order valence-corrected chi connectivity index (χ3v) is 3.92. The molecule has 1 heterocycles. The number of ether oxygens (including phenoxy) is 2. The fourth-order valence-corrected chi connectivity index (χ4v) is 2.90. The first-order valence-electron chi connectivity index (χ1n) is 8.25. The lowest BCUT2D eigenvalue weighted by Crippen LogP contribution is -2.33. The summed E-state index contributed by atoms with van der Waals surface area (Å²) in [4.78, 5) is 0. The molecule has 1 N–H and O–H groups in total. The number of hydrogen-bond acceptors (Lipinski definition) is 3. The zero-order chi connectivity index (χ0) is 15.1. The largest absolute Gasteiger partial charge is 0.494 e. The van der Waals surface area contributed by atoms with E-state index < -0.39 is 0 Å². The van der Waals surface area contributed by atoms with Crippen molar-refractivity contribution in [2.75, 3.05) is 26.3 Å². The monoisotopic (exact) mass is 291 g/mol. The minimum absolute atomic E-state index is 0.217. The van der Waals surface area contributed by atoms with E-state index in [1.165, 1.54) is 18.4 Å². The Bertz CT molecular complexity index is 402. The van der Waals surface area contributed by atoms with E-state index in [0.29, 0.717) is 18.4 Å². The van der Waals surface area contributed by atoms with E-state index in [1.54, 1.807) is 0 Å². The molecule has 0 aliphatic carbocycles. The van der Waals surface area contributed by atoms with Crippen molar-refractivity contribution in [2.24, 2.45) is 11.8 Å². The van der Waals surface area contributed by atoms with Crippen LogP contribution in [0.2, 0.25) is 0 Å². The molecule has 2 rings (SSSR count). The maximum atomic E-state index is 6.05. The molecule has 3 nitrogen and oxygen atoms in total. The predicted octanol–water partition coefficient (Wildman–Crippen LogP) is 3.80. The van der Waals surface area contributed by atoms with Gasteiger partial charge >= 0.3 is 0 Å². The highest BCUT2D eigenvalue weighted by atomic mass is 16.5. The van der Waals surface area contributed by atoms with Gasteiger partial charge in [0.2, 0.25) is 0 Å². The lowest BCUT2D eigenvalue weighted by atomic mass is 9.89. The first-order valence-corrected chi connectivity index (χ1v) is 8.25. The van der Waals surface area contributed by atoms with Crippen molar-refractivity contribution in [3.05, 3.63) is 29.8 Å². The first kappa shape index (κ1) is 16.3. The zero-order valence-corrected chi connectivity index (χ0v) is 13.6. The van der Waals surface area contributed by atoms with Crippen molar-refractivity contribution < 1.29 is 9.47 Å². The molecule has 0 aromatic heterocycles. The van der Waals surface area contributed by atoms with E-state index in [0.717, 1.165) is 25.4 Å². The molecule has 0 radical (unpaired) electrons. The number of hydrogen-bond donors (Lipinski definition) is 1. The normalized spacial score (nSPS) is 22.5. The SMILES string of the molecule is CCOc1ccc(C2OCCCC2CNCC(C)C)cc1. The second kappa shape index (κ2) is 8.40. The molecule has 1 saturated heterocycles. The minimum Gasteiger partial charge on any atom is -0.494 e. The molecule has 1 fully saturated rings. The van der Waals surface area contributed by atoms with Crippen molar-refractivity contribution in [1.82, 2.24) is 5.32 Å². The summed E-state index contributed by atoms with van der Waals surface area (Å²) in [5, 5.41) is 3.58. The van der Waals surface area contributed by atoms with Crippen LogP contribution in [-0.2, 0) is 4.74 Å². The van der Waals surface area contributed by atoms with Gasteiger partial charge in [0.1, 0.15) is 5.75 Å². The molecular formula is C18H29NO2. The Balaban J connectivity index is 1.96. The van der Waals surface area contributed by atoms with Gasteiger partial charge in [-0.05, 0) is 49.9 Å². The van der Waals surface area contributed by atoms with E-state index in [-0.39, 0.29) is 6.10 Å². The van der Waals surface area contributed by atoms with Crippen LogP contribution in [0, 0.1) is 11.8 Å². The fraction of sp³-hybridized carbons (Fsp3) is 0.667. The highest BCUT2D eigenvalue weighted by Gasteiger charge is 2.27. The topological polar surface area (TPSA) is 30.5 Å². The average Bonchev–Trinajstić information content (AvgIpc) is 2.49. The summed E-state index contributed by atoms with van der Waals surface area (Å²) in [6, 6.07) is 8.40. The van der Waals surface area contributed by atoms with Gasteiger partial charge in [-0.1, -0.05) is 26.0 Å². The molecule has 0 spiro atoms. The van der Waals surface area contributed by atoms with Crippen LogP contribution in [0.5, 0.6) is 5.75 Å². The molecule has 0 bridgehead atoms. The molecule has 0 amide bonds. The summed E-state index contributed by atoms with van der Waals surface area (Å²) < 4.78 is 11.6. The highest BCUT2D eigenvalue weighted by molar-refractivity contribution is 5.29. The van der Waals surface area contributed by atoms with E-state index in [1.807, 2.05) is 6.92 Å². The minimum atomic E-state index is 0.217. The van der Waals surface area contributed by atoms with Gasteiger partial charge in [-0.3, -0.25) is 0 Å². The Morgan fingerprint density at radius 1 is 1.29 bits per heavy atom. The third kappa shape index (κ3) is 5.01. The van der Waals surface area contributed by atoms with Gasteiger partial charge in [0.05, 0.1) is 12.7 Å². The van der Waals surface area contributed by atoms with Crippen molar-refractivity contribution in [1.29, 1.82) is 0 Å². The Labute approximate surface area is 129 Å². The molecular weight excluding hydrogens is 262 g/mol. The third-order valence-electron chi connectivity index (χ3n) is 3.92. The first-order chi connectivity index (χ1) is 10.2. The second-order valence-corrected chi connectivity index (χ2v) is 6.25. The Morgan fingerprint density at radius 2 is 2.05 bits per heavy atom. The summed E-state index contributed by atoms with van der Waals surface area (Å²) in [5.74, 6) is 2.19. The number of benzene rings is 1. The maximum absolute atomic E-state index is 6.05. The van der Waals surface area contributed by atoms with E-state index in [9.17, 15) is 0 Å². The number of nitrogens with one attached hydrogen (secondary N) is 1. The molecule has 118 valence electrons. The standard InChI is InChI=1S/C18H29NO2/c1-4-20-17-9-7-15(8-10-17)18-16(6-5-11-21-18)13-19-12-14(2)3/h7-10,14,16,18-19H,4-6,11-13H2,1-3H3. The summed E-state index contributed by atoms with van der Waals surface area (Å²) >= 11 is 0. The van der Waals surface area contributed by atoms with Crippen molar-refractivity contribution in [2.45, 2.75) is 39.7 Å². The predicted molar refractivity (Wildman–Crippen MR) is 86.7 cm³/mol. The highest BCUT2D eigenvalue weighted by Crippen LogP contribution is 2.34. The van der Waals surface area contributed by atoms with Gasteiger partial charge in [-0.2, -0.15) is 0 Å². The summed E-state index contributed by atoms with van der Waals surface area (Å²) in [7, 11) is 0. The number of rotatable bonds is 7. The van der Waals surface area contributed by atoms with Gasteiger partial charge in [0.25, 0.3) is 0 Å². The zero-order valence-electron chi connectivity index (χ0n) is 13.6. The quantitative estimate of drug-likeness (QED) is 0.829. The van der Waals surface area contributed by atoms with E-state index in [4.69, 9.17) is 9.47 Å². The van der Waals surface area contributed by atoms with Gasteiger partial charge in [0, 0.05) is 19.1 Å². The van der Waals surface area contributed by atoms with Gasteiger partial charge < -0.3 is 14.8 Å². The molecule has 1 aromatic carbocycles. The molecule has 21 heavy (non-hydrogen) atoms. The van der Waals surface area contributed by atoms with Crippen LogP contribution in [0.4, 0.5) is 0 Å². The molecule has 1 aliphatic rings. The summed E-state index contributed by atoms with van der Waals surface area (Å²) in [6.07, 6.45) is 2.62. The van der Waals surface area contributed by atoms with Crippen molar-refractivity contribution in [3.63, 3.8) is 0 Å². The summed E-state index contributed by atoms with van der Waals surface area (Å²) in [6.45, 7) is 10.2. The van der Waals surface area contributed by atoms with Gasteiger partial charge in [-0.15, -0.1) is 0 Å². The van der Waals surface area contributed by atoms with E-state index in [2.05, 4.69) is 43.4 Å². The smallest absolute Gasteiger partial charge is 0.119 e. The van der Waals surface area contributed by atoms with Gasteiger partial charge in [0.15, 0.2) is 0 Å². The van der Waals surface area contributed by atoms with Crippen LogP contribution in [0.3, 0.4) is 0 Å². The van der Waals surface area contributed by atoms with Crippen molar-refractivity contribution >= 4 is 0 Å². The Hall–Kier alpha value is -1.06. The van der Waals surface area contributed by atoms with Crippen molar-refractivity contribution in [3.8, 4) is 5.75 Å². The molecule has 2 atom stereocenters. The van der Waals surface area contributed by atoms with E-state index >= 15 is 0 Å². The van der Waals surface area contributed by atoms with Crippen LogP contribution in [0.15, 0.2) is 24.3 Å². The van der Waals surface area contributed by atoms with Crippen LogP contribution >= 0.6 is 0 Å². The average molecular weight is 291 g/mol.